The highest BCUT2D eigenvalue weighted by Crippen LogP contribution is 2.13. The van der Waals surface area contributed by atoms with Crippen molar-refractivity contribution in [1.82, 2.24) is 20.4 Å². The van der Waals surface area contributed by atoms with E-state index in [9.17, 15) is 4.79 Å². The van der Waals surface area contributed by atoms with E-state index in [1.165, 1.54) is 32.4 Å². The Morgan fingerprint density at radius 3 is 2.38 bits per heavy atom. The highest BCUT2D eigenvalue weighted by atomic mass is 127. The minimum atomic E-state index is 0. The number of nitrogens with one attached hydrogen (secondary N) is 2. The molecule has 0 aromatic rings. The zero-order valence-corrected chi connectivity index (χ0v) is 18.1. The maximum atomic E-state index is 11.7. The molecule has 0 aliphatic carbocycles. The van der Waals surface area contributed by atoms with E-state index in [4.69, 9.17) is 0 Å². The summed E-state index contributed by atoms with van der Waals surface area (Å²) < 4.78 is 0. The number of halogens is 1. The number of aliphatic imine (C=N–C) groups is 1. The van der Waals surface area contributed by atoms with Crippen molar-refractivity contribution in [2.45, 2.75) is 52.0 Å². The van der Waals surface area contributed by atoms with E-state index in [-0.39, 0.29) is 36.4 Å². The van der Waals surface area contributed by atoms with Crippen LogP contribution in [0.4, 0.5) is 0 Å². The summed E-state index contributed by atoms with van der Waals surface area (Å²) >= 11 is 0. The minimum absolute atomic E-state index is 0. The molecule has 1 fully saturated rings. The molecule has 0 aromatic heterocycles. The molecule has 1 saturated heterocycles. The summed E-state index contributed by atoms with van der Waals surface area (Å²) in [6, 6.07) is 0.596. The molecule has 6 nitrogen and oxygen atoms in total. The van der Waals surface area contributed by atoms with Crippen molar-refractivity contribution in [3.8, 4) is 0 Å². The molecule has 0 spiro atoms. The van der Waals surface area contributed by atoms with Crippen LogP contribution in [0.1, 0.15) is 46.0 Å². The second-order valence-corrected chi connectivity index (χ2v) is 6.54. The van der Waals surface area contributed by atoms with Crippen molar-refractivity contribution in [1.29, 1.82) is 0 Å². The van der Waals surface area contributed by atoms with Gasteiger partial charge in [0, 0.05) is 33.2 Å². The van der Waals surface area contributed by atoms with Gasteiger partial charge in [0.2, 0.25) is 5.91 Å². The molecule has 0 aromatic carbocycles. The zero-order valence-electron chi connectivity index (χ0n) is 15.8. The molecule has 1 unspecified atom stereocenters. The van der Waals surface area contributed by atoms with E-state index in [0.29, 0.717) is 6.04 Å². The third kappa shape index (κ3) is 9.66. The predicted octanol–water partition coefficient (Wildman–Crippen LogP) is 1.90. The van der Waals surface area contributed by atoms with Gasteiger partial charge in [0.15, 0.2) is 5.96 Å². The minimum Gasteiger partial charge on any atom is -0.356 e. The lowest BCUT2D eigenvalue weighted by molar-refractivity contribution is -0.127. The number of hydrogen-bond acceptors (Lipinski definition) is 3. The van der Waals surface area contributed by atoms with E-state index < -0.39 is 0 Å². The molecule has 7 heteroatoms. The standard InChI is InChI=1S/C17H35N5O.HI/c1-5-10-18-17(20-14-16(23)21(3)4)19-11-9-15(2)22-12-7-6-8-13-22;/h15H,5-14H2,1-4H3,(H2,18,19,20);1H. The van der Waals surface area contributed by atoms with Crippen LogP contribution in [0.15, 0.2) is 4.99 Å². The van der Waals surface area contributed by atoms with Gasteiger partial charge < -0.3 is 20.4 Å². The van der Waals surface area contributed by atoms with E-state index in [2.05, 4.69) is 34.4 Å². The molecule has 1 rings (SSSR count). The first-order valence-corrected chi connectivity index (χ1v) is 9.01. The Hall–Kier alpha value is -0.570. The fourth-order valence-electron chi connectivity index (χ4n) is 2.65. The van der Waals surface area contributed by atoms with Gasteiger partial charge in [-0.3, -0.25) is 4.79 Å². The third-order valence-electron chi connectivity index (χ3n) is 4.28. The van der Waals surface area contributed by atoms with Crippen LogP contribution < -0.4 is 10.6 Å². The van der Waals surface area contributed by atoms with Gasteiger partial charge in [-0.15, -0.1) is 24.0 Å². The highest BCUT2D eigenvalue weighted by molar-refractivity contribution is 14.0. The lowest BCUT2D eigenvalue weighted by Gasteiger charge is -2.32. The Kier molecular flexibility index (Phi) is 13.4. The maximum absolute atomic E-state index is 11.7. The Morgan fingerprint density at radius 1 is 1.17 bits per heavy atom. The van der Waals surface area contributed by atoms with Crippen LogP contribution in [-0.2, 0) is 4.79 Å². The van der Waals surface area contributed by atoms with Gasteiger partial charge in [-0.1, -0.05) is 13.3 Å². The quantitative estimate of drug-likeness (QED) is 0.335. The van der Waals surface area contributed by atoms with E-state index in [0.717, 1.165) is 31.9 Å². The van der Waals surface area contributed by atoms with Crippen LogP contribution in [0.3, 0.4) is 0 Å². The van der Waals surface area contributed by atoms with Crippen LogP contribution in [0.25, 0.3) is 0 Å². The highest BCUT2D eigenvalue weighted by Gasteiger charge is 2.16. The number of piperidine rings is 1. The van der Waals surface area contributed by atoms with Gasteiger partial charge in [-0.05, 0) is 45.7 Å². The van der Waals surface area contributed by atoms with Crippen molar-refractivity contribution in [2.75, 3.05) is 46.8 Å². The first-order chi connectivity index (χ1) is 11.0. The summed E-state index contributed by atoms with van der Waals surface area (Å²) in [6.45, 7) is 8.81. The van der Waals surface area contributed by atoms with Crippen molar-refractivity contribution in [3.63, 3.8) is 0 Å². The molecule has 1 heterocycles. The fourth-order valence-corrected chi connectivity index (χ4v) is 2.65. The third-order valence-corrected chi connectivity index (χ3v) is 4.28. The molecule has 1 aliphatic heterocycles. The topological polar surface area (TPSA) is 60.0 Å². The zero-order chi connectivity index (χ0) is 17.1. The summed E-state index contributed by atoms with van der Waals surface area (Å²) in [5.74, 6) is 0.761. The Bertz CT molecular complexity index is 370. The largest absolute Gasteiger partial charge is 0.356 e. The van der Waals surface area contributed by atoms with Crippen LogP contribution in [0, 0.1) is 0 Å². The van der Waals surface area contributed by atoms with Crippen molar-refractivity contribution in [3.05, 3.63) is 0 Å². The number of rotatable bonds is 8. The second-order valence-electron chi connectivity index (χ2n) is 6.54. The summed E-state index contributed by atoms with van der Waals surface area (Å²) in [6.07, 6.45) is 6.16. The van der Waals surface area contributed by atoms with Crippen molar-refractivity contribution >= 4 is 35.8 Å². The Labute approximate surface area is 164 Å². The van der Waals surface area contributed by atoms with Gasteiger partial charge in [-0.25, -0.2) is 4.99 Å². The van der Waals surface area contributed by atoms with Crippen LogP contribution >= 0.6 is 24.0 Å². The predicted molar refractivity (Wildman–Crippen MR) is 112 cm³/mol. The van der Waals surface area contributed by atoms with Gasteiger partial charge in [0.25, 0.3) is 0 Å². The Morgan fingerprint density at radius 2 is 1.79 bits per heavy atom. The van der Waals surface area contributed by atoms with Gasteiger partial charge >= 0.3 is 0 Å². The van der Waals surface area contributed by atoms with Crippen molar-refractivity contribution in [2.24, 2.45) is 4.99 Å². The molecule has 142 valence electrons. The second kappa shape index (κ2) is 13.7. The van der Waals surface area contributed by atoms with Crippen LogP contribution in [0.5, 0.6) is 0 Å². The van der Waals surface area contributed by atoms with Crippen molar-refractivity contribution < 1.29 is 4.79 Å². The van der Waals surface area contributed by atoms with E-state index >= 15 is 0 Å². The normalized spacial score (nSPS) is 16.9. The summed E-state index contributed by atoms with van der Waals surface area (Å²) in [4.78, 5) is 20.2. The lowest BCUT2D eigenvalue weighted by Crippen LogP contribution is -2.42. The van der Waals surface area contributed by atoms with Gasteiger partial charge in [-0.2, -0.15) is 0 Å². The first kappa shape index (κ1) is 23.4. The first-order valence-electron chi connectivity index (χ1n) is 9.01. The molecule has 1 amide bonds. The number of guanidine groups is 1. The molecule has 1 aliphatic rings. The fraction of sp³-hybridized carbons (Fsp3) is 0.882. The van der Waals surface area contributed by atoms with E-state index in [1.807, 2.05) is 0 Å². The maximum Gasteiger partial charge on any atom is 0.243 e. The number of hydrogen-bond donors (Lipinski definition) is 2. The number of carbonyl (C=O) groups is 1. The molecule has 2 N–H and O–H groups in total. The number of amides is 1. The smallest absolute Gasteiger partial charge is 0.243 e. The summed E-state index contributed by atoms with van der Waals surface area (Å²) in [5.41, 5.74) is 0. The Balaban J connectivity index is 0.00000529. The molecule has 0 bridgehead atoms. The average Bonchev–Trinajstić information content (AvgIpc) is 2.56. The SMILES string of the molecule is CCCNC(=NCC(=O)N(C)C)NCCC(C)N1CCCCC1.I. The molecule has 24 heavy (non-hydrogen) atoms. The number of likely N-dealkylation sites (tertiary alicyclic amines) is 1. The van der Waals surface area contributed by atoms with Gasteiger partial charge in [0.05, 0.1) is 0 Å². The van der Waals surface area contributed by atoms with Gasteiger partial charge in [0.1, 0.15) is 6.54 Å². The summed E-state index contributed by atoms with van der Waals surface area (Å²) in [7, 11) is 3.51. The van der Waals surface area contributed by atoms with Crippen LogP contribution in [-0.4, -0.2) is 74.5 Å². The van der Waals surface area contributed by atoms with Crippen LogP contribution in [0.2, 0.25) is 0 Å². The number of likely N-dealkylation sites (N-methyl/N-ethyl adjacent to an activating group) is 1. The lowest BCUT2D eigenvalue weighted by atomic mass is 10.1. The number of nitrogens with zero attached hydrogens (tertiary/aromatic N) is 3. The molecule has 0 saturated carbocycles. The number of carbonyl (C=O) groups excluding carboxylic acids is 1. The summed E-state index contributed by atoms with van der Waals surface area (Å²) in [5, 5.41) is 6.63. The molecule has 0 radical (unpaired) electrons. The average molecular weight is 453 g/mol. The molecule has 1 atom stereocenters. The molecular formula is C17H36IN5O. The monoisotopic (exact) mass is 453 g/mol. The molecular weight excluding hydrogens is 417 g/mol. The van der Waals surface area contributed by atoms with E-state index in [1.54, 1.807) is 19.0 Å².